The Balaban J connectivity index is 2.16. The third-order valence-corrected chi connectivity index (χ3v) is 3.33. The fraction of sp³-hybridized carbons (Fsp3) is 0.417. The van der Waals surface area contributed by atoms with Crippen molar-refractivity contribution in [3.05, 3.63) is 28.8 Å². The van der Waals surface area contributed by atoms with Gasteiger partial charge in [0.05, 0.1) is 4.86 Å². The molecule has 2 heteroatoms. The smallest absolute Gasteiger partial charge is 0.131 e. The second-order valence-corrected chi connectivity index (χ2v) is 4.69. The van der Waals surface area contributed by atoms with E-state index in [9.17, 15) is 0 Å². The average Bonchev–Trinajstić information content (AvgIpc) is 2.93. The molecule has 1 aromatic carbocycles. The first-order chi connectivity index (χ1) is 6.75. The van der Waals surface area contributed by atoms with Gasteiger partial charge in [0.25, 0.3) is 0 Å². The second-order valence-electron chi connectivity index (χ2n) is 4.20. The van der Waals surface area contributed by atoms with E-state index in [0.717, 1.165) is 16.5 Å². The van der Waals surface area contributed by atoms with Crippen LogP contribution in [0.3, 0.4) is 0 Å². The van der Waals surface area contributed by atoms with E-state index >= 15 is 0 Å². The predicted molar refractivity (Wildman–Crippen MR) is 60.3 cm³/mol. The fourth-order valence-corrected chi connectivity index (χ4v) is 2.28. The first kappa shape index (κ1) is 8.42. The Bertz CT molecular complexity index is 419. The van der Waals surface area contributed by atoms with Gasteiger partial charge in [0.15, 0.2) is 0 Å². The summed E-state index contributed by atoms with van der Waals surface area (Å²) in [6.45, 7) is 2.71. The molecule has 1 aromatic rings. The Kier molecular flexibility index (Phi) is 1.68. The molecule has 0 saturated heterocycles. The lowest BCUT2D eigenvalue weighted by atomic mass is 10.0. The molecule has 1 saturated carbocycles. The molecular weight excluding hydrogens is 192 g/mol. The minimum Gasteiger partial charge on any atom is -0.487 e. The number of hydrogen-bond acceptors (Lipinski definition) is 2. The van der Waals surface area contributed by atoms with Gasteiger partial charge < -0.3 is 4.74 Å². The summed E-state index contributed by atoms with van der Waals surface area (Å²) in [6, 6.07) is 4.49. The van der Waals surface area contributed by atoms with Crippen molar-refractivity contribution < 1.29 is 4.74 Å². The van der Waals surface area contributed by atoms with Crippen molar-refractivity contribution in [2.45, 2.75) is 25.7 Å². The van der Waals surface area contributed by atoms with E-state index in [1.54, 1.807) is 0 Å². The van der Waals surface area contributed by atoms with Gasteiger partial charge in [-0.2, -0.15) is 0 Å². The summed E-state index contributed by atoms with van der Waals surface area (Å²) >= 11 is 5.28. The molecule has 0 bridgehead atoms. The van der Waals surface area contributed by atoms with Crippen LogP contribution >= 0.6 is 12.2 Å². The van der Waals surface area contributed by atoms with Crippen molar-refractivity contribution in [2.75, 3.05) is 6.61 Å². The van der Waals surface area contributed by atoms with Gasteiger partial charge in [-0.15, -0.1) is 0 Å². The lowest BCUT2D eigenvalue weighted by Gasteiger charge is -2.06. The Morgan fingerprint density at radius 2 is 2.14 bits per heavy atom. The van der Waals surface area contributed by atoms with Crippen molar-refractivity contribution >= 4 is 17.1 Å². The highest BCUT2D eigenvalue weighted by Crippen LogP contribution is 2.43. The van der Waals surface area contributed by atoms with Gasteiger partial charge in [-0.1, -0.05) is 18.3 Å². The highest BCUT2D eigenvalue weighted by molar-refractivity contribution is 7.81. The minimum absolute atomic E-state index is 0.597. The Hall–Kier alpha value is -0.890. The summed E-state index contributed by atoms with van der Waals surface area (Å²) in [6.07, 6.45) is 2.68. The molecule has 0 unspecified atom stereocenters. The van der Waals surface area contributed by atoms with Crippen LogP contribution < -0.4 is 4.74 Å². The normalized spacial score (nSPS) is 19.4. The molecule has 0 spiro atoms. The van der Waals surface area contributed by atoms with Gasteiger partial charge in [0, 0.05) is 5.56 Å². The zero-order valence-electron chi connectivity index (χ0n) is 8.17. The maximum absolute atomic E-state index is 5.56. The highest BCUT2D eigenvalue weighted by Gasteiger charge is 2.27. The Labute approximate surface area is 89.1 Å². The number of aryl methyl sites for hydroxylation is 1. The standard InChI is InChI=1S/C12H12OS/c1-7-4-9(8-2-3-8)5-10-11(14)6-13-12(7)10/h4-5,8H,2-3,6H2,1H3. The number of thiocarbonyl (C=S) groups is 1. The molecule has 0 amide bonds. The zero-order valence-corrected chi connectivity index (χ0v) is 8.99. The summed E-state index contributed by atoms with van der Waals surface area (Å²) in [5.74, 6) is 1.81. The largest absolute Gasteiger partial charge is 0.487 e. The molecular formula is C12H12OS. The highest BCUT2D eigenvalue weighted by atomic mass is 32.1. The molecule has 2 aliphatic rings. The number of benzene rings is 1. The molecule has 3 rings (SSSR count). The van der Waals surface area contributed by atoms with Gasteiger partial charge in [0.2, 0.25) is 0 Å². The first-order valence-corrected chi connectivity index (χ1v) is 5.47. The van der Waals surface area contributed by atoms with Crippen molar-refractivity contribution in [2.24, 2.45) is 0 Å². The van der Waals surface area contributed by atoms with Gasteiger partial charge in [0.1, 0.15) is 12.4 Å². The maximum atomic E-state index is 5.56. The SMILES string of the molecule is Cc1cc(C2CC2)cc2c1OCC2=S. The topological polar surface area (TPSA) is 9.23 Å². The fourth-order valence-electron chi connectivity index (χ4n) is 2.07. The predicted octanol–water partition coefficient (Wildman–Crippen LogP) is 2.98. The summed E-state index contributed by atoms with van der Waals surface area (Å²) in [5.41, 5.74) is 3.86. The molecule has 14 heavy (non-hydrogen) atoms. The molecule has 72 valence electrons. The molecule has 1 aliphatic heterocycles. The second kappa shape index (κ2) is 2.80. The molecule has 1 nitrogen and oxygen atoms in total. The van der Waals surface area contributed by atoms with Crippen molar-refractivity contribution in [1.82, 2.24) is 0 Å². The van der Waals surface area contributed by atoms with Gasteiger partial charge >= 0.3 is 0 Å². The maximum Gasteiger partial charge on any atom is 0.131 e. The molecule has 1 heterocycles. The average molecular weight is 204 g/mol. The molecule has 0 atom stereocenters. The van der Waals surface area contributed by atoms with Crippen LogP contribution in [0.25, 0.3) is 0 Å². The third kappa shape index (κ3) is 1.17. The lowest BCUT2D eigenvalue weighted by molar-refractivity contribution is 0.391. The van der Waals surface area contributed by atoms with Gasteiger partial charge in [-0.25, -0.2) is 0 Å². The molecule has 1 fully saturated rings. The van der Waals surface area contributed by atoms with Crippen molar-refractivity contribution in [3.63, 3.8) is 0 Å². The Morgan fingerprint density at radius 1 is 1.36 bits per heavy atom. The molecule has 0 N–H and O–H groups in total. The van der Waals surface area contributed by atoms with Crippen LogP contribution in [0.1, 0.15) is 35.4 Å². The molecule has 0 radical (unpaired) electrons. The van der Waals surface area contributed by atoms with Crippen LogP contribution in [0.5, 0.6) is 5.75 Å². The molecule has 0 aromatic heterocycles. The van der Waals surface area contributed by atoms with E-state index in [1.165, 1.54) is 29.5 Å². The van der Waals surface area contributed by atoms with E-state index < -0.39 is 0 Å². The van der Waals surface area contributed by atoms with Crippen LogP contribution in [0.2, 0.25) is 0 Å². The van der Waals surface area contributed by atoms with E-state index in [1.807, 2.05) is 0 Å². The van der Waals surface area contributed by atoms with E-state index in [4.69, 9.17) is 17.0 Å². The van der Waals surface area contributed by atoms with E-state index in [2.05, 4.69) is 19.1 Å². The third-order valence-electron chi connectivity index (χ3n) is 2.99. The van der Waals surface area contributed by atoms with Crippen LogP contribution in [0, 0.1) is 6.92 Å². The monoisotopic (exact) mass is 204 g/mol. The van der Waals surface area contributed by atoms with E-state index in [0.29, 0.717) is 6.61 Å². The number of fused-ring (bicyclic) bond motifs is 1. The number of rotatable bonds is 1. The van der Waals surface area contributed by atoms with Crippen LogP contribution in [-0.2, 0) is 0 Å². The van der Waals surface area contributed by atoms with Crippen molar-refractivity contribution in [3.8, 4) is 5.75 Å². The lowest BCUT2D eigenvalue weighted by Crippen LogP contribution is -1.97. The van der Waals surface area contributed by atoms with Crippen LogP contribution in [0.4, 0.5) is 0 Å². The van der Waals surface area contributed by atoms with Crippen molar-refractivity contribution in [1.29, 1.82) is 0 Å². The summed E-state index contributed by atoms with van der Waals surface area (Å²) in [5, 5.41) is 0. The Morgan fingerprint density at radius 3 is 2.86 bits per heavy atom. The number of ether oxygens (including phenoxy) is 1. The molecule has 1 aliphatic carbocycles. The minimum atomic E-state index is 0.597. The number of hydrogen-bond donors (Lipinski definition) is 0. The summed E-state index contributed by atoms with van der Waals surface area (Å²) in [7, 11) is 0. The summed E-state index contributed by atoms with van der Waals surface area (Å²) in [4.78, 5) is 0.964. The van der Waals surface area contributed by atoms with Crippen LogP contribution in [-0.4, -0.2) is 11.5 Å². The van der Waals surface area contributed by atoms with Gasteiger partial charge in [-0.05, 0) is 42.9 Å². The van der Waals surface area contributed by atoms with Crippen LogP contribution in [0.15, 0.2) is 12.1 Å². The zero-order chi connectivity index (χ0) is 9.71. The quantitative estimate of drug-likeness (QED) is 0.650. The first-order valence-electron chi connectivity index (χ1n) is 5.06. The van der Waals surface area contributed by atoms with Gasteiger partial charge in [-0.3, -0.25) is 0 Å². The summed E-state index contributed by atoms with van der Waals surface area (Å²) < 4.78 is 5.56. The van der Waals surface area contributed by atoms with E-state index in [-0.39, 0.29) is 0 Å².